The summed E-state index contributed by atoms with van der Waals surface area (Å²) in [6.45, 7) is 0. The minimum atomic E-state index is -1.04. The largest absolute Gasteiger partial charge is 0.519 e. The van der Waals surface area contributed by atoms with Crippen molar-refractivity contribution in [3.8, 4) is 23.0 Å². The van der Waals surface area contributed by atoms with Gasteiger partial charge in [0.25, 0.3) is 0 Å². The molecule has 1 N–H and O–H groups in total. The van der Waals surface area contributed by atoms with Crippen molar-refractivity contribution in [2.45, 2.75) is 0 Å². The van der Waals surface area contributed by atoms with Gasteiger partial charge in [-0.05, 0) is 36.4 Å². The highest BCUT2D eigenvalue weighted by Crippen LogP contribution is 2.31. The van der Waals surface area contributed by atoms with Crippen LogP contribution in [0.4, 0.5) is 4.79 Å². The first-order chi connectivity index (χ1) is 12.6. The van der Waals surface area contributed by atoms with Gasteiger partial charge in [0.05, 0.1) is 0 Å². The highest BCUT2D eigenvalue weighted by Gasteiger charge is 2.19. The van der Waals surface area contributed by atoms with Crippen LogP contribution in [0, 0.1) is 0 Å². The summed E-state index contributed by atoms with van der Waals surface area (Å²) in [5.74, 6) is -0.897. The number of esters is 1. The summed E-state index contributed by atoms with van der Waals surface area (Å²) in [5.41, 5.74) is -0.140. The van der Waals surface area contributed by atoms with E-state index >= 15 is 0 Å². The molecule has 26 heavy (non-hydrogen) atoms. The second kappa shape index (κ2) is 7.85. The lowest BCUT2D eigenvalue weighted by Gasteiger charge is -2.10. The molecule has 0 amide bonds. The molecule has 0 spiro atoms. The summed E-state index contributed by atoms with van der Waals surface area (Å²) in [5, 5.41) is 10.2. The van der Waals surface area contributed by atoms with Crippen molar-refractivity contribution in [1.29, 1.82) is 0 Å². The van der Waals surface area contributed by atoms with Gasteiger partial charge in [-0.2, -0.15) is 0 Å². The quantitative estimate of drug-likeness (QED) is 0.432. The number of para-hydroxylation sites is 3. The van der Waals surface area contributed by atoms with Crippen molar-refractivity contribution in [2.24, 2.45) is 0 Å². The Morgan fingerprint density at radius 2 is 1.23 bits per heavy atom. The third-order valence-corrected chi connectivity index (χ3v) is 3.31. The van der Waals surface area contributed by atoms with E-state index in [1.807, 2.05) is 0 Å². The molecule has 0 aromatic heterocycles. The minimum Gasteiger partial charge on any atom is -0.504 e. The van der Waals surface area contributed by atoms with Gasteiger partial charge < -0.3 is 19.3 Å². The lowest BCUT2D eigenvalue weighted by Crippen LogP contribution is -2.15. The van der Waals surface area contributed by atoms with Gasteiger partial charge in [-0.25, -0.2) is 9.59 Å². The van der Waals surface area contributed by atoms with Crippen LogP contribution in [-0.4, -0.2) is 17.2 Å². The molecule has 6 heteroatoms. The third kappa shape index (κ3) is 4.18. The van der Waals surface area contributed by atoms with E-state index in [4.69, 9.17) is 14.2 Å². The number of phenols is 1. The van der Waals surface area contributed by atoms with E-state index in [1.54, 1.807) is 60.7 Å². The van der Waals surface area contributed by atoms with E-state index in [9.17, 15) is 14.7 Å². The van der Waals surface area contributed by atoms with Gasteiger partial charge in [0.2, 0.25) is 0 Å². The second-order valence-electron chi connectivity index (χ2n) is 5.12. The molecule has 3 rings (SSSR count). The van der Waals surface area contributed by atoms with Crippen molar-refractivity contribution >= 4 is 12.1 Å². The fourth-order valence-electron chi connectivity index (χ4n) is 2.12. The number of hydrogen-bond acceptors (Lipinski definition) is 6. The van der Waals surface area contributed by atoms with Gasteiger partial charge in [-0.15, -0.1) is 0 Å². The number of aromatic hydroxyl groups is 1. The fourth-order valence-corrected chi connectivity index (χ4v) is 2.12. The topological polar surface area (TPSA) is 82.1 Å². The molecule has 0 aliphatic rings. The van der Waals surface area contributed by atoms with Crippen molar-refractivity contribution < 1.29 is 28.9 Å². The molecule has 3 aromatic carbocycles. The van der Waals surface area contributed by atoms with E-state index < -0.39 is 17.9 Å². The molecule has 0 fully saturated rings. The van der Waals surface area contributed by atoms with E-state index in [0.29, 0.717) is 5.75 Å². The predicted octanol–water partition coefficient (Wildman–Crippen LogP) is 4.19. The molecule has 0 heterocycles. The van der Waals surface area contributed by atoms with Crippen LogP contribution in [0.25, 0.3) is 0 Å². The summed E-state index contributed by atoms with van der Waals surface area (Å²) in [7, 11) is 0. The number of carbonyl (C=O) groups excluding carboxylic acids is 2. The summed E-state index contributed by atoms with van der Waals surface area (Å²) >= 11 is 0. The zero-order valence-corrected chi connectivity index (χ0v) is 13.5. The molecule has 3 aromatic rings. The summed E-state index contributed by atoms with van der Waals surface area (Å²) in [6, 6.07) is 20.9. The standard InChI is InChI=1S/C20H14O6/c21-18-16(19(22)24-14-8-3-1-4-9-14)12-7-13-17(18)26-20(23)25-15-10-5-2-6-11-15/h1-13,21H. The van der Waals surface area contributed by atoms with Gasteiger partial charge in [-0.1, -0.05) is 42.5 Å². The average Bonchev–Trinajstić information content (AvgIpc) is 2.65. The summed E-state index contributed by atoms with van der Waals surface area (Å²) < 4.78 is 15.1. The molecule has 130 valence electrons. The van der Waals surface area contributed by atoms with E-state index in [-0.39, 0.29) is 17.1 Å². The van der Waals surface area contributed by atoms with Gasteiger partial charge in [-0.3, -0.25) is 0 Å². The van der Waals surface area contributed by atoms with Crippen molar-refractivity contribution in [2.75, 3.05) is 0 Å². The SMILES string of the molecule is O=C(Oc1ccccc1)Oc1cccc(C(=O)Oc2ccccc2)c1O. The highest BCUT2D eigenvalue weighted by atomic mass is 16.7. The number of hydrogen-bond donors (Lipinski definition) is 1. The monoisotopic (exact) mass is 350 g/mol. The van der Waals surface area contributed by atoms with Crippen LogP contribution >= 0.6 is 0 Å². The first-order valence-corrected chi connectivity index (χ1v) is 7.67. The Bertz CT molecular complexity index is 906. The van der Waals surface area contributed by atoms with Crippen LogP contribution in [0.15, 0.2) is 78.9 Å². The molecule has 6 nitrogen and oxygen atoms in total. The maximum absolute atomic E-state index is 12.2. The predicted molar refractivity (Wildman–Crippen MR) is 92.6 cm³/mol. The van der Waals surface area contributed by atoms with Crippen LogP contribution in [0.1, 0.15) is 10.4 Å². The van der Waals surface area contributed by atoms with Gasteiger partial charge >= 0.3 is 12.1 Å². The lowest BCUT2D eigenvalue weighted by atomic mass is 10.2. The average molecular weight is 350 g/mol. The summed E-state index contributed by atoms with van der Waals surface area (Å²) in [4.78, 5) is 24.0. The number of phenolic OH excluding ortho intramolecular Hbond substituents is 1. The molecular formula is C20H14O6. The van der Waals surface area contributed by atoms with E-state index in [0.717, 1.165) is 0 Å². The Morgan fingerprint density at radius 3 is 1.85 bits per heavy atom. The molecule has 0 saturated heterocycles. The Morgan fingerprint density at radius 1 is 0.654 bits per heavy atom. The molecule has 0 radical (unpaired) electrons. The number of rotatable bonds is 4. The van der Waals surface area contributed by atoms with Crippen LogP contribution in [0.3, 0.4) is 0 Å². The number of ether oxygens (including phenoxy) is 3. The Labute approximate surface area is 149 Å². The van der Waals surface area contributed by atoms with E-state index in [1.165, 1.54) is 18.2 Å². The van der Waals surface area contributed by atoms with Gasteiger partial charge in [0.1, 0.15) is 17.1 Å². The number of carbonyl (C=O) groups is 2. The number of benzene rings is 3. The van der Waals surface area contributed by atoms with Crippen molar-refractivity contribution in [3.05, 3.63) is 84.4 Å². The first kappa shape index (κ1) is 17.0. The van der Waals surface area contributed by atoms with Crippen molar-refractivity contribution in [1.82, 2.24) is 0 Å². The van der Waals surface area contributed by atoms with Gasteiger partial charge in [0, 0.05) is 0 Å². The molecule has 0 unspecified atom stereocenters. The maximum atomic E-state index is 12.2. The molecule has 0 saturated carbocycles. The second-order valence-corrected chi connectivity index (χ2v) is 5.12. The molecule has 0 atom stereocenters. The molecule has 0 aliphatic heterocycles. The van der Waals surface area contributed by atoms with Crippen LogP contribution < -0.4 is 14.2 Å². The van der Waals surface area contributed by atoms with Crippen molar-refractivity contribution in [3.63, 3.8) is 0 Å². The Hall–Kier alpha value is -3.80. The molecule has 0 bridgehead atoms. The normalized spacial score (nSPS) is 10.0. The van der Waals surface area contributed by atoms with E-state index in [2.05, 4.69) is 0 Å². The highest BCUT2D eigenvalue weighted by molar-refractivity contribution is 5.95. The summed E-state index contributed by atoms with van der Waals surface area (Å²) in [6.07, 6.45) is -1.04. The zero-order valence-electron chi connectivity index (χ0n) is 13.5. The lowest BCUT2D eigenvalue weighted by molar-refractivity contribution is 0.0730. The zero-order chi connectivity index (χ0) is 18.4. The molecular weight excluding hydrogens is 336 g/mol. The maximum Gasteiger partial charge on any atom is 0.519 e. The smallest absolute Gasteiger partial charge is 0.504 e. The van der Waals surface area contributed by atoms with Crippen LogP contribution in [0.5, 0.6) is 23.0 Å². The van der Waals surface area contributed by atoms with Gasteiger partial charge in [0.15, 0.2) is 11.5 Å². The fraction of sp³-hybridized carbons (Fsp3) is 0. The first-order valence-electron chi connectivity index (χ1n) is 7.67. The Kier molecular flexibility index (Phi) is 5.14. The van der Waals surface area contributed by atoms with Crippen LogP contribution in [-0.2, 0) is 0 Å². The van der Waals surface area contributed by atoms with Crippen LogP contribution in [0.2, 0.25) is 0 Å². The third-order valence-electron chi connectivity index (χ3n) is 3.31. The molecule has 0 aliphatic carbocycles. The minimum absolute atomic E-state index is 0.140. The Balaban J connectivity index is 1.72.